The molecule has 1 heterocycles. The standard InChI is InChI=1S/C16H28N4O/c1-2-7-19-16(11-17,14-3-4-14)12-20-8-5-13(6-9-20)10-15(18)21/h13-14,19H,2-10,12H2,1H3,(H2,18,21). The van der Waals surface area contributed by atoms with Gasteiger partial charge in [-0.1, -0.05) is 6.92 Å². The first-order valence-electron chi connectivity index (χ1n) is 8.26. The van der Waals surface area contributed by atoms with E-state index in [-0.39, 0.29) is 11.4 Å². The molecule has 0 aromatic rings. The minimum Gasteiger partial charge on any atom is -0.370 e. The van der Waals surface area contributed by atoms with Crippen LogP contribution in [0.3, 0.4) is 0 Å². The summed E-state index contributed by atoms with van der Waals surface area (Å²) >= 11 is 0. The molecule has 1 atom stereocenters. The van der Waals surface area contributed by atoms with Crippen LogP contribution in [0.4, 0.5) is 0 Å². The Hall–Kier alpha value is -1.12. The molecule has 1 unspecified atom stereocenters. The minimum atomic E-state index is -0.369. The Bertz CT molecular complexity index is 394. The fourth-order valence-corrected chi connectivity index (χ4v) is 3.41. The maximum Gasteiger partial charge on any atom is 0.217 e. The Balaban J connectivity index is 1.87. The number of likely N-dealkylation sites (tertiary alicyclic amines) is 1. The molecule has 1 aliphatic carbocycles. The average Bonchev–Trinajstić information content (AvgIpc) is 3.30. The second-order valence-corrected chi connectivity index (χ2v) is 6.67. The van der Waals surface area contributed by atoms with Crippen LogP contribution < -0.4 is 11.1 Å². The lowest BCUT2D eigenvalue weighted by atomic mass is 9.89. The first-order chi connectivity index (χ1) is 10.1. The maximum atomic E-state index is 11.0. The maximum absolute atomic E-state index is 11.0. The van der Waals surface area contributed by atoms with Gasteiger partial charge in [0.25, 0.3) is 0 Å². The van der Waals surface area contributed by atoms with Crippen molar-refractivity contribution in [3.8, 4) is 6.07 Å². The van der Waals surface area contributed by atoms with E-state index >= 15 is 0 Å². The summed E-state index contributed by atoms with van der Waals surface area (Å²) in [7, 11) is 0. The molecule has 2 aliphatic rings. The van der Waals surface area contributed by atoms with Gasteiger partial charge in [-0.15, -0.1) is 0 Å². The van der Waals surface area contributed by atoms with Gasteiger partial charge in [0.2, 0.25) is 5.91 Å². The summed E-state index contributed by atoms with van der Waals surface area (Å²) in [5.41, 5.74) is 4.91. The average molecular weight is 292 g/mol. The van der Waals surface area contributed by atoms with Crippen LogP contribution in [0.1, 0.15) is 45.4 Å². The lowest BCUT2D eigenvalue weighted by Gasteiger charge is -2.38. The quantitative estimate of drug-likeness (QED) is 0.705. The van der Waals surface area contributed by atoms with Crippen molar-refractivity contribution >= 4 is 5.91 Å². The van der Waals surface area contributed by atoms with E-state index in [9.17, 15) is 10.1 Å². The lowest BCUT2D eigenvalue weighted by molar-refractivity contribution is -0.119. The van der Waals surface area contributed by atoms with Crippen LogP contribution in [0.2, 0.25) is 0 Å². The summed E-state index contributed by atoms with van der Waals surface area (Å²) in [4.78, 5) is 13.4. The Labute approximate surface area is 127 Å². The molecule has 1 saturated carbocycles. The van der Waals surface area contributed by atoms with Gasteiger partial charge in [0.15, 0.2) is 0 Å². The number of nitriles is 1. The number of hydrogen-bond acceptors (Lipinski definition) is 4. The third kappa shape index (κ3) is 4.42. The Morgan fingerprint density at radius 2 is 2.05 bits per heavy atom. The zero-order valence-electron chi connectivity index (χ0n) is 13.1. The molecule has 2 rings (SSSR count). The van der Waals surface area contributed by atoms with E-state index in [1.807, 2.05) is 0 Å². The Kier molecular flexibility index (Phi) is 5.60. The predicted molar refractivity (Wildman–Crippen MR) is 82.3 cm³/mol. The van der Waals surface area contributed by atoms with Crippen molar-refractivity contribution in [2.45, 2.75) is 51.0 Å². The molecule has 0 radical (unpaired) electrons. The SMILES string of the molecule is CCCNC(C#N)(CN1CCC(CC(N)=O)CC1)C1CC1. The number of piperidine rings is 1. The second-order valence-electron chi connectivity index (χ2n) is 6.67. The number of nitrogens with one attached hydrogen (secondary N) is 1. The summed E-state index contributed by atoms with van der Waals surface area (Å²) in [6.45, 7) is 5.81. The molecule has 1 aliphatic heterocycles. The van der Waals surface area contributed by atoms with Crippen molar-refractivity contribution in [2.24, 2.45) is 17.6 Å². The Morgan fingerprint density at radius 3 is 2.52 bits per heavy atom. The smallest absolute Gasteiger partial charge is 0.217 e. The molecule has 5 heteroatoms. The van der Waals surface area contributed by atoms with Crippen LogP contribution in [0.25, 0.3) is 0 Å². The summed E-state index contributed by atoms with van der Waals surface area (Å²) in [6.07, 6.45) is 5.93. The van der Waals surface area contributed by atoms with Crippen LogP contribution in [-0.2, 0) is 4.79 Å². The number of primary amides is 1. The largest absolute Gasteiger partial charge is 0.370 e. The molecule has 2 fully saturated rings. The molecule has 0 bridgehead atoms. The monoisotopic (exact) mass is 292 g/mol. The number of hydrogen-bond donors (Lipinski definition) is 2. The van der Waals surface area contributed by atoms with Crippen molar-refractivity contribution in [1.29, 1.82) is 5.26 Å². The molecule has 0 aromatic heterocycles. The van der Waals surface area contributed by atoms with Crippen LogP contribution in [0.5, 0.6) is 0 Å². The fourth-order valence-electron chi connectivity index (χ4n) is 3.41. The summed E-state index contributed by atoms with van der Waals surface area (Å²) < 4.78 is 0. The summed E-state index contributed by atoms with van der Waals surface area (Å²) in [6, 6.07) is 2.58. The highest BCUT2D eigenvalue weighted by Crippen LogP contribution is 2.40. The molecule has 0 spiro atoms. The molecular formula is C16H28N4O. The molecule has 3 N–H and O–H groups in total. The molecule has 1 saturated heterocycles. The van der Waals surface area contributed by atoms with Crippen molar-refractivity contribution in [3.63, 3.8) is 0 Å². The van der Waals surface area contributed by atoms with Gasteiger partial charge in [-0.2, -0.15) is 5.26 Å². The first-order valence-corrected chi connectivity index (χ1v) is 8.26. The van der Waals surface area contributed by atoms with E-state index in [2.05, 4.69) is 23.2 Å². The van der Waals surface area contributed by atoms with Gasteiger partial charge in [-0.25, -0.2) is 0 Å². The van der Waals surface area contributed by atoms with E-state index in [0.717, 1.165) is 45.4 Å². The first kappa shape index (κ1) is 16.3. The predicted octanol–water partition coefficient (Wildman–Crippen LogP) is 1.25. The van der Waals surface area contributed by atoms with Crippen molar-refractivity contribution in [1.82, 2.24) is 10.2 Å². The normalized spacial score (nSPS) is 23.4. The minimum absolute atomic E-state index is 0.192. The molecule has 0 aromatic carbocycles. The molecular weight excluding hydrogens is 264 g/mol. The molecule has 1 amide bonds. The lowest BCUT2D eigenvalue weighted by Crippen LogP contribution is -2.55. The van der Waals surface area contributed by atoms with E-state index in [1.54, 1.807) is 0 Å². The van der Waals surface area contributed by atoms with Gasteiger partial charge in [-0.05, 0) is 63.6 Å². The third-order valence-corrected chi connectivity index (χ3v) is 4.83. The van der Waals surface area contributed by atoms with Gasteiger partial charge < -0.3 is 10.6 Å². The Morgan fingerprint density at radius 1 is 1.38 bits per heavy atom. The number of nitrogens with two attached hydrogens (primary N) is 1. The van der Waals surface area contributed by atoms with Gasteiger partial charge in [0, 0.05) is 13.0 Å². The van der Waals surface area contributed by atoms with Crippen LogP contribution >= 0.6 is 0 Å². The highest BCUT2D eigenvalue weighted by molar-refractivity contribution is 5.73. The van der Waals surface area contributed by atoms with Gasteiger partial charge in [-0.3, -0.25) is 10.1 Å². The van der Waals surface area contributed by atoms with Crippen LogP contribution in [-0.4, -0.2) is 42.5 Å². The molecule has 21 heavy (non-hydrogen) atoms. The van der Waals surface area contributed by atoms with E-state index in [0.29, 0.717) is 18.3 Å². The van der Waals surface area contributed by atoms with Crippen molar-refractivity contribution < 1.29 is 4.79 Å². The second kappa shape index (κ2) is 7.24. The highest BCUT2D eigenvalue weighted by Gasteiger charge is 2.46. The van der Waals surface area contributed by atoms with E-state index < -0.39 is 0 Å². The molecule has 5 nitrogen and oxygen atoms in total. The number of amides is 1. The number of rotatable bonds is 8. The van der Waals surface area contributed by atoms with Gasteiger partial charge in [0.05, 0.1) is 6.07 Å². The van der Waals surface area contributed by atoms with Gasteiger partial charge in [0.1, 0.15) is 5.54 Å². The number of carbonyl (C=O) groups is 1. The fraction of sp³-hybridized carbons (Fsp3) is 0.875. The van der Waals surface area contributed by atoms with Crippen LogP contribution in [0, 0.1) is 23.2 Å². The highest BCUT2D eigenvalue weighted by atomic mass is 16.1. The summed E-state index contributed by atoms with van der Waals surface area (Å²) in [5.74, 6) is 0.750. The van der Waals surface area contributed by atoms with Crippen molar-refractivity contribution in [3.05, 3.63) is 0 Å². The zero-order chi connectivity index (χ0) is 15.3. The third-order valence-electron chi connectivity index (χ3n) is 4.83. The van der Waals surface area contributed by atoms with E-state index in [4.69, 9.17) is 5.73 Å². The van der Waals surface area contributed by atoms with Crippen LogP contribution in [0.15, 0.2) is 0 Å². The number of nitrogens with zero attached hydrogens (tertiary/aromatic N) is 2. The van der Waals surface area contributed by atoms with Crippen molar-refractivity contribution in [2.75, 3.05) is 26.2 Å². The zero-order valence-corrected chi connectivity index (χ0v) is 13.1. The summed E-state index contributed by atoms with van der Waals surface area (Å²) in [5, 5.41) is 13.2. The van der Waals surface area contributed by atoms with E-state index in [1.165, 1.54) is 12.8 Å². The molecule has 118 valence electrons. The number of carbonyl (C=O) groups excluding carboxylic acids is 1. The van der Waals surface area contributed by atoms with Gasteiger partial charge >= 0.3 is 0 Å². The topological polar surface area (TPSA) is 82.2 Å².